The Labute approximate surface area is 200 Å². The molecule has 1 aliphatic rings. The summed E-state index contributed by atoms with van der Waals surface area (Å²) in [5.74, 6) is 0.151. The van der Waals surface area contributed by atoms with E-state index in [0.29, 0.717) is 41.7 Å². The maximum atomic E-state index is 12.7. The normalized spacial score (nSPS) is 14.5. The van der Waals surface area contributed by atoms with E-state index < -0.39 is 12.9 Å². The third-order valence-electron chi connectivity index (χ3n) is 5.18. The number of hydrogen-bond donors (Lipinski definition) is 3. The maximum Gasteiger partial charge on any atom is 0.254 e. The average molecular weight is 470 g/mol. The number of ether oxygens (including phenoxy) is 2. The third kappa shape index (κ3) is 5.15. The van der Waals surface area contributed by atoms with Gasteiger partial charge in [-0.2, -0.15) is 4.98 Å². The van der Waals surface area contributed by atoms with Gasteiger partial charge in [0.1, 0.15) is 5.82 Å². The number of methoxy groups -OCH3 is 2. The summed E-state index contributed by atoms with van der Waals surface area (Å²) in [5.41, 5.74) is 1.10. The Morgan fingerprint density at radius 3 is 2.85 bits per heavy atom. The number of aromatic nitrogens is 3. The van der Waals surface area contributed by atoms with Crippen molar-refractivity contribution in [2.24, 2.45) is 5.92 Å². The molecule has 3 aromatic rings. The Balaban J connectivity index is 1.69. The molecule has 1 aromatic carbocycles. The molecule has 4 rings (SSSR count). The fourth-order valence-electron chi connectivity index (χ4n) is 3.28. The van der Waals surface area contributed by atoms with Gasteiger partial charge in [0, 0.05) is 36.4 Å². The molecule has 178 valence electrons. The predicted molar refractivity (Wildman–Crippen MR) is 124 cm³/mol. The van der Waals surface area contributed by atoms with Gasteiger partial charge in [0.2, 0.25) is 17.6 Å². The lowest BCUT2D eigenvalue weighted by molar-refractivity contribution is -0.117. The molecule has 11 nitrogen and oxygen atoms in total. The minimum absolute atomic E-state index is 0.0468. The zero-order valence-corrected chi connectivity index (χ0v) is 18.7. The second kappa shape index (κ2) is 10.3. The van der Waals surface area contributed by atoms with Crippen LogP contribution in [0, 0.1) is 5.92 Å². The molecule has 34 heavy (non-hydrogen) atoms. The lowest BCUT2D eigenvalue weighted by atomic mass is 10.1. The lowest BCUT2D eigenvalue weighted by Crippen LogP contribution is -2.20. The van der Waals surface area contributed by atoms with Crippen molar-refractivity contribution in [2.45, 2.75) is 19.3 Å². The highest BCUT2D eigenvalue weighted by Crippen LogP contribution is 2.38. The third-order valence-corrected chi connectivity index (χ3v) is 5.18. The fourth-order valence-corrected chi connectivity index (χ4v) is 3.28. The molecule has 2 heterocycles. The second-order valence-electron chi connectivity index (χ2n) is 7.60. The molecule has 0 bridgehead atoms. The number of hydrogen-bond acceptors (Lipinski definition) is 9. The summed E-state index contributed by atoms with van der Waals surface area (Å²) in [6.07, 6.45) is 3.26. The van der Waals surface area contributed by atoms with Gasteiger partial charge in [-0.05, 0) is 25.0 Å². The summed E-state index contributed by atoms with van der Waals surface area (Å²) in [5, 5.41) is 11.8. The number of benzene rings is 1. The fraction of sp³-hybridized carbons (Fsp3) is 0.348. The number of para-hydroxylation sites is 1. The monoisotopic (exact) mass is 469 g/mol. The molecular weight excluding hydrogens is 440 g/mol. The van der Waals surface area contributed by atoms with Gasteiger partial charge in [0.05, 0.1) is 42.6 Å². The highest BCUT2D eigenvalue weighted by Gasteiger charge is 2.30. The molecule has 0 spiro atoms. The van der Waals surface area contributed by atoms with Crippen molar-refractivity contribution in [3.63, 3.8) is 0 Å². The van der Waals surface area contributed by atoms with Crippen LogP contribution in [0.5, 0.6) is 5.75 Å². The Morgan fingerprint density at radius 2 is 2.12 bits per heavy atom. The number of pyridine rings is 1. The van der Waals surface area contributed by atoms with E-state index in [4.69, 9.17) is 18.1 Å². The van der Waals surface area contributed by atoms with Gasteiger partial charge >= 0.3 is 0 Å². The number of nitrogens with one attached hydrogen (secondary N) is 3. The molecule has 11 heteroatoms. The second-order valence-corrected chi connectivity index (χ2v) is 7.60. The molecule has 1 aliphatic carbocycles. The molecule has 0 atom stereocenters. The van der Waals surface area contributed by atoms with Crippen LogP contribution in [0.15, 0.2) is 35.0 Å². The number of carbonyl (C=O) groups is 2. The van der Waals surface area contributed by atoms with Crippen LogP contribution in [0.4, 0.5) is 17.2 Å². The summed E-state index contributed by atoms with van der Waals surface area (Å²) < 4.78 is 38.1. The Morgan fingerprint density at radius 1 is 1.26 bits per heavy atom. The van der Waals surface area contributed by atoms with Gasteiger partial charge in [0.25, 0.3) is 5.91 Å². The highest BCUT2D eigenvalue weighted by atomic mass is 16.5. The average Bonchev–Trinajstić information content (AvgIpc) is 3.60. The number of amides is 2. The Hall–Kier alpha value is -3.99. The van der Waals surface area contributed by atoms with Gasteiger partial charge in [-0.1, -0.05) is 11.2 Å². The molecule has 2 aromatic heterocycles. The van der Waals surface area contributed by atoms with Gasteiger partial charge < -0.3 is 29.9 Å². The number of anilines is 3. The molecule has 0 saturated heterocycles. The maximum absolute atomic E-state index is 12.7. The standard InChI is InChI=1S/C23H26N6O5/c1-24-23(31)15-12-25-18(27-22(30)13-7-8-13)11-17(15)26-16-6-4-5-14(20(16)33-3)21-28-19(34-29-21)9-10-32-2/h4-6,11-13H,7-10H2,1-3H3,(H,24,31)(H2,25,26,27,30)/i1D3. The first kappa shape index (κ1) is 19.5. The van der Waals surface area contributed by atoms with Crippen LogP contribution in [0.2, 0.25) is 0 Å². The van der Waals surface area contributed by atoms with Crippen molar-refractivity contribution in [3.8, 4) is 17.1 Å². The molecule has 0 unspecified atom stereocenters. The van der Waals surface area contributed by atoms with Gasteiger partial charge in [0.15, 0.2) is 5.75 Å². The summed E-state index contributed by atoms with van der Waals surface area (Å²) in [6.45, 7) is -2.28. The quantitative estimate of drug-likeness (QED) is 0.409. The molecular formula is C23H26N6O5. The van der Waals surface area contributed by atoms with Gasteiger partial charge in [-0.3, -0.25) is 9.59 Å². The number of rotatable bonds is 10. The van der Waals surface area contributed by atoms with Crippen LogP contribution in [0.1, 0.15) is 33.2 Å². The summed E-state index contributed by atoms with van der Waals surface area (Å²) in [7, 11) is 3.04. The topological polar surface area (TPSA) is 140 Å². The summed E-state index contributed by atoms with van der Waals surface area (Å²) in [4.78, 5) is 33.5. The molecule has 2 amide bonds. The van der Waals surface area contributed by atoms with Crippen molar-refractivity contribution in [3.05, 3.63) is 41.9 Å². The van der Waals surface area contributed by atoms with Crippen LogP contribution in [0.3, 0.4) is 0 Å². The van der Waals surface area contributed by atoms with E-state index in [2.05, 4.69) is 25.8 Å². The first-order valence-electron chi connectivity index (χ1n) is 12.1. The summed E-state index contributed by atoms with van der Waals surface area (Å²) >= 11 is 0. The van der Waals surface area contributed by atoms with E-state index in [1.165, 1.54) is 19.4 Å². The van der Waals surface area contributed by atoms with Crippen LogP contribution in [-0.4, -0.2) is 54.7 Å². The molecule has 3 N–H and O–H groups in total. The molecule has 0 aliphatic heterocycles. The number of carbonyl (C=O) groups excluding carboxylic acids is 2. The number of nitrogens with zero attached hydrogens (tertiary/aromatic N) is 3. The Bertz CT molecular complexity index is 1290. The van der Waals surface area contributed by atoms with Crippen molar-refractivity contribution >= 4 is 29.0 Å². The van der Waals surface area contributed by atoms with Crippen molar-refractivity contribution in [2.75, 3.05) is 38.4 Å². The zero-order chi connectivity index (χ0) is 26.6. The highest BCUT2D eigenvalue weighted by molar-refractivity contribution is 6.01. The van der Waals surface area contributed by atoms with Gasteiger partial charge in [-0.15, -0.1) is 0 Å². The van der Waals surface area contributed by atoms with Crippen LogP contribution < -0.4 is 20.7 Å². The first-order chi connectivity index (χ1) is 17.7. The largest absolute Gasteiger partial charge is 0.494 e. The molecule has 0 radical (unpaired) electrons. The minimum Gasteiger partial charge on any atom is -0.494 e. The predicted octanol–water partition coefficient (Wildman–Crippen LogP) is 2.78. The molecule has 1 saturated carbocycles. The van der Waals surface area contributed by atoms with Crippen molar-refractivity contribution in [1.82, 2.24) is 20.4 Å². The Kier molecular flexibility index (Phi) is 5.90. The van der Waals surface area contributed by atoms with E-state index in [0.717, 1.165) is 12.8 Å². The summed E-state index contributed by atoms with van der Waals surface area (Å²) in [6, 6.07) is 6.62. The van der Waals surface area contributed by atoms with E-state index in [1.54, 1.807) is 25.3 Å². The van der Waals surface area contributed by atoms with Crippen molar-refractivity contribution in [1.29, 1.82) is 0 Å². The first-order valence-corrected chi connectivity index (χ1v) is 10.6. The molecule has 1 fully saturated rings. The van der Waals surface area contributed by atoms with Crippen molar-refractivity contribution < 1.29 is 27.7 Å². The SMILES string of the molecule is [2H]C([2H])([2H])NC(=O)c1cnc(NC(=O)C2CC2)cc1Nc1cccc(-c2noc(CCOC)n2)c1OC. The van der Waals surface area contributed by atoms with E-state index in [9.17, 15) is 9.59 Å². The van der Waals surface area contributed by atoms with Crippen LogP contribution >= 0.6 is 0 Å². The van der Waals surface area contributed by atoms with Gasteiger partial charge in [-0.25, -0.2) is 4.98 Å². The van der Waals surface area contributed by atoms with E-state index >= 15 is 0 Å². The zero-order valence-electron chi connectivity index (χ0n) is 21.7. The lowest BCUT2D eigenvalue weighted by Gasteiger charge is -2.16. The van der Waals surface area contributed by atoms with E-state index in [1.807, 2.05) is 5.32 Å². The van der Waals surface area contributed by atoms with E-state index in [-0.39, 0.29) is 28.9 Å². The van der Waals surface area contributed by atoms with Crippen LogP contribution in [-0.2, 0) is 16.0 Å². The van der Waals surface area contributed by atoms with Crippen LogP contribution in [0.25, 0.3) is 11.4 Å². The minimum atomic E-state index is -2.70. The smallest absolute Gasteiger partial charge is 0.254 e.